The Labute approximate surface area is 218 Å². The minimum Gasteiger partial charge on any atom is -0.386 e. The molecule has 3 rings (SSSR count). The molecule has 1 aromatic carbocycles. The summed E-state index contributed by atoms with van der Waals surface area (Å²) >= 11 is 0. The van der Waals surface area contributed by atoms with E-state index in [1.54, 1.807) is 0 Å². The topological polar surface area (TPSA) is 220 Å². The average Bonchev–Trinajstić information content (AvgIpc) is 3.29. The van der Waals surface area contributed by atoms with Crippen LogP contribution in [-0.2, 0) is 26.6 Å². The van der Waals surface area contributed by atoms with Crippen molar-refractivity contribution in [3.8, 4) is 0 Å². The molecule has 0 saturated carbocycles. The summed E-state index contributed by atoms with van der Waals surface area (Å²) in [6.45, 7) is 3.02. The van der Waals surface area contributed by atoms with Gasteiger partial charge in [0.25, 0.3) is 0 Å². The largest absolute Gasteiger partial charge is 0.386 e. The van der Waals surface area contributed by atoms with Crippen LogP contribution in [-0.4, -0.2) is 74.2 Å². The Morgan fingerprint density at radius 3 is 2.42 bits per heavy atom. The van der Waals surface area contributed by atoms with Gasteiger partial charge in [-0.25, -0.2) is 15.0 Å². The zero-order valence-corrected chi connectivity index (χ0v) is 22.5. The first-order valence-corrected chi connectivity index (χ1v) is 15.1. The zero-order valence-electron chi connectivity index (χ0n) is 20.7. The van der Waals surface area contributed by atoms with E-state index < -0.39 is 46.1 Å². The van der Waals surface area contributed by atoms with Gasteiger partial charge in [-0.15, -0.1) is 0 Å². The van der Waals surface area contributed by atoms with Crippen LogP contribution in [0.2, 0.25) is 0 Å². The van der Waals surface area contributed by atoms with Crippen molar-refractivity contribution in [1.82, 2.24) is 19.5 Å². The van der Waals surface area contributed by atoms with Crippen molar-refractivity contribution in [3.05, 3.63) is 59.7 Å². The minimum atomic E-state index is -4.84. The normalized spacial score (nSPS) is 16.7. The van der Waals surface area contributed by atoms with Gasteiger partial charge in [0.15, 0.2) is 29.1 Å². The molecule has 0 saturated heterocycles. The number of nitrogens with zero attached hydrogens (tertiary/aromatic N) is 4. The molecule has 4 atom stereocenters. The Bertz CT molecular complexity index is 1360. The highest BCUT2D eigenvalue weighted by Gasteiger charge is 2.34. The fourth-order valence-corrected chi connectivity index (χ4v) is 6.09. The lowest BCUT2D eigenvalue weighted by Gasteiger charge is -2.26. The van der Waals surface area contributed by atoms with Crippen molar-refractivity contribution >= 4 is 32.2 Å². The van der Waals surface area contributed by atoms with E-state index >= 15 is 0 Å². The number of anilines is 1. The first-order valence-electron chi connectivity index (χ1n) is 11.6. The average molecular weight is 571 g/mol. The summed E-state index contributed by atoms with van der Waals surface area (Å²) in [4.78, 5) is 40.7. The summed E-state index contributed by atoms with van der Waals surface area (Å²) in [7, 11) is -9.54. The molecule has 38 heavy (non-hydrogen) atoms. The van der Waals surface area contributed by atoms with Crippen LogP contribution in [0.25, 0.3) is 11.2 Å². The number of hydrogen-bond acceptors (Lipinski definition) is 10. The Balaban J connectivity index is 1.80. The number of aromatic nitrogens is 4. The standard InChI is InChI=1S/C22H31N5O9P2/c1-3-15(11-36-38(34,35)13-37(31,32)33)18(28)19(29)22(30)27-12-24-17-20(25-16(4-2)26-21(17)27)23-10-14-8-6-5-7-9-14/h3,5-9,12,18-19,22,28-30H,4,10-11,13H2,1-2H3,(H,34,35)(H,23,25,26)(H2,31,32,33)/b15-3-/t18-,19-,22-/m1/s1. The van der Waals surface area contributed by atoms with Crippen LogP contribution >= 0.6 is 15.2 Å². The van der Waals surface area contributed by atoms with Crippen LogP contribution in [0, 0.1) is 0 Å². The molecule has 0 radical (unpaired) electrons. The smallest absolute Gasteiger partial charge is 0.340 e. The summed E-state index contributed by atoms with van der Waals surface area (Å²) in [5, 5.41) is 35.5. The fourth-order valence-electron chi connectivity index (χ4n) is 3.55. The lowest BCUT2D eigenvalue weighted by atomic mass is 10.0. The highest BCUT2D eigenvalue weighted by Crippen LogP contribution is 2.55. The van der Waals surface area contributed by atoms with Gasteiger partial charge in [0.05, 0.1) is 12.9 Å². The van der Waals surface area contributed by atoms with Gasteiger partial charge in [-0.3, -0.25) is 13.7 Å². The molecule has 0 aliphatic rings. The number of allylic oxidation sites excluding steroid dienone is 1. The number of nitrogens with one attached hydrogen (secondary N) is 1. The molecule has 0 spiro atoms. The first-order chi connectivity index (χ1) is 17.8. The molecule has 0 aliphatic heterocycles. The van der Waals surface area contributed by atoms with Crippen molar-refractivity contribution in [3.63, 3.8) is 0 Å². The zero-order chi connectivity index (χ0) is 28.1. The molecule has 0 fully saturated rings. The van der Waals surface area contributed by atoms with Crippen LogP contribution in [0.15, 0.2) is 48.3 Å². The van der Waals surface area contributed by atoms with Crippen LogP contribution in [0.5, 0.6) is 0 Å². The number of imidazole rings is 1. The van der Waals surface area contributed by atoms with E-state index in [0.717, 1.165) is 10.1 Å². The van der Waals surface area contributed by atoms with Gasteiger partial charge in [0, 0.05) is 13.0 Å². The maximum absolute atomic E-state index is 11.9. The van der Waals surface area contributed by atoms with E-state index in [1.165, 1.54) is 19.3 Å². The predicted octanol–water partition coefficient (Wildman–Crippen LogP) is 1.50. The summed E-state index contributed by atoms with van der Waals surface area (Å²) in [6, 6.07) is 9.60. The minimum absolute atomic E-state index is 0.102. The number of aliphatic hydroxyl groups excluding tert-OH is 3. The molecule has 0 amide bonds. The van der Waals surface area contributed by atoms with Gasteiger partial charge in [0.2, 0.25) is 0 Å². The molecule has 1 unspecified atom stereocenters. The predicted molar refractivity (Wildman–Crippen MR) is 138 cm³/mol. The van der Waals surface area contributed by atoms with Crippen molar-refractivity contribution in [2.75, 3.05) is 17.8 Å². The molecule has 0 bridgehead atoms. The molecule has 2 heterocycles. The molecule has 0 aliphatic carbocycles. The number of hydrogen-bond donors (Lipinski definition) is 7. The molecule has 7 N–H and O–H groups in total. The van der Waals surface area contributed by atoms with Crippen LogP contribution < -0.4 is 5.32 Å². The van der Waals surface area contributed by atoms with E-state index in [9.17, 15) is 29.3 Å². The maximum atomic E-state index is 11.9. The van der Waals surface area contributed by atoms with Gasteiger partial charge in [-0.1, -0.05) is 43.3 Å². The van der Waals surface area contributed by atoms with E-state index in [4.69, 9.17) is 14.3 Å². The summed E-state index contributed by atoms with van der Waals surface area (Å²) in [6.07, 6.45) is -2.39. The van der Waals surface area contributed by atoms with Gasteiger partial charge in [0.1, 0.15) is 18.0 Å². The van der Waals surface area contributed by atoms with E-state index in [0.29, 0.717) is 30.1 Å². The Morgan fingerprint density at radius 1 is 1.13 bits per heavy atom. The van der Waals surface area contributed by atoms with Crippen molar-refractivity contribution < 1.29 is 43.7 Å². The second kappa shape index (κ2) is 12.6. The van der Waals surface area contributed by atoms with Crippen LogP contribution in [0.3, 0.4) is 0 Å². The summed E-state index contributed by atoms with van der Waals surface area (Å²) < 4.78 is 28.9. The van der Waals surface area contributed by atoms with Crippen molar-refractivity contribution in [2.45, 2.75) is 45.2 Å². The van der Waals surface area contributed by atoms with Gasteiger partial charge in [-0.05, 0) is 18.1 Å². The van der Waals surface area contributed by atoms with Gasteiger partial charge < -0.3 is 39.8 Å². The molecule has 208 valence electrons. The van der Waals surface area contributed by atoms with E-state index in [1.807, 2.05) is 37.3 Å². The third-order valence-corrected chi connectivity index (χ3v) is 8.98. The SMILES string of the molecule is C/C=C(/COP(=O)(O)CP(=O)(O)O)[C@@H](O)[C@@H](O)[C@@H](O)n1cnc2c(NCc3ccccc3)nc(CC)nc21. The second-order valence-electron chi connectivity index (χ2n) is 8.43. The lowest BCUT2D eigenvalue weighted by Crippen LogP contribution is -2.37. The summed E-state index contributed by atoms with van der Waals surface area (Å²) in [5.41, 5.74) is 1.43. The molecular weight excluding hydrogens is 540 g/mol. The number of aryl methyl sites for hydroxylation is 1. The van der Waals surface area contributed by atoms with Crippen LogP contribution in [0.1, 0.15) is 31.5 Å². The third kappa shape index (κ3) is 7.76. The molecule has 3 aromatic rings. The number of rotatable bonds is 13. The molecular formula is C22H31N5O9P2. The quantitative estimate of drug-likeness (QED) is 0.114. The Kier molecular flexibility index (Phi) is 9.93. The van der Waals surface area contributed by atoms with Crippen LogP contribution in [0.4, 0.5) is 5.82 Å². The van der Waals surface area contributed by atoms with Crippen molar-refractivity contribution in [2.24, 2.45) is 0 Å². The van der Waals surface area contributed by atoms with Gasteiger partial charge >= 0.3 is 15.2 Å². The molecule has 16 heteroatoms. The first kappa shape index (κ1) is 30.0. The molecule has 14 nitrogen and oxygen atoms in total. The van der Waals surface area contributed by atoms with Crippen molar-refractivity contribution in [1.29, 1.82) is 0 Å². The lowest BCUT2D eigenvalue weighted by molar-refractivity contribution is -0.0795. The Hall–Kier alpha value is -2.51. The second-order valence-corrected chi connectivity index (χ2v) is 12.4. The van der Waals surface area contributed by atoms with E-state index in [2.05, 4.69) is 20.3 Å². The number of aliphatic hydroxyl groups is 3. The monoisotopic (exact) mass is 571 g/mol. The fraction of sp³-hybridized carbons (Fsp3) is 0.409. The maximum Gasteiger partial charge on any atom is 0.340 e. The third-order valence-electron chi connectivity index (χ3n) is 5.55. The summed E-state index contributed by atoms with van der Waals surface area (Å²) in [5.74, 6) is -0.536. The van der Waals surface area contributed by atoms with E-state index in [-0.39, 0.29) is 11.2 Å². The highest BCUT2D eigenvalue weighted by atomic mass is 31.2. The van der Waals surface area contributed by atoms with Gasteiger partial charge in [-0.2, -0.15) is 0 Å². The number of fused-ring (bicyclic) bond motifs is 1. The Morgan fingerprint density at radius 2 is 1.82 bits per heavy atom. The molecule has 2 aromatic heterocycles. The number of benzene rings is 1. The highest BCUT2D eigenvalue weighted by molar-refractivity contribution is 7.70.